The molecule has 4 nitrogen and oxygen atoms in total. The van der Waals surface area contributed by atoms with Crippen molar-refractivity contribution in [3.8, 4) is 11.5 Å². The number of ether oxygens (including phenoxy) is 3. The first kappa shape index (κ1) is 19.6. The molecular formula is C21H20Cl2O4. The van der Waals surface area contributed by atoms with Crippen molar-refractivity contribution < 1.29 is 19.0 Å². The lowest BCUT2D eigenvalue weighted by Crippen LogP contribution is -2.12. The van der Waals surface area contributed by atoms with Crippen LogP contribution < -0.4 is 4.74 Å². The van der Waals surface area contributed by atoms with E-state index in [2.05, 4.69) is 0 Å². The van der Waals surface area contributed by atoms with Gasteiger partial charge in [-0.2, -0.15) is 0 Å². The van der Waals surface area contributed by atoms with Crippen molar-refractivity contribution in [1.82, 2.24) is 0 Å². The summed E-state index contributed by atoms with van der Waals surface area (Å²) in [6, 6.07) is 16.8. The summed E-state index contributed by atoms with van der Waals surface area (Å²) in [5, 5.41) is 0. The van der Waals surface area contributed by atoms with Crippen LogP contribution in [0.25, 0.3) is 0 Å². The molecule has 0 aromatic heterocycles. The smallest absolute Gasteiger partial charge is 0.457 e. The Morgan fingerprint density at radius 2 is 1.78 bits per heavy atom. The maximum Gasteiger partial charge on any atom is 0.508 e. The molecule has 142 valence electrons. The molecule has 2 unspecified atom stereocenters. The zero-order valence-corrected chi connectivity index (χ0v) is 16.5. The fourth-order valence-corrected chi connectivity index (χ4v) is 3.17. The van der Waals surface area contributed by atoms with Crippen molar-refractivity contribution >= 4 is 29.4 Å². The first-order valence-electron chi connectivity index (χ1n) is 8.54. The van der Waals surface area contributed by atoms with Gasteiger partial charge in [0.15, 0.2) is 0 Å². The summed E-state index contributed by atoms with van der Waals surface area (Å²) < 4.78 is 16.6. The molecule has 0 radical (unpaired) electrons. The van der Waals surface area contributed by atoms with Crippen molar-refractivity contribution in [3.05, 3.63) is 70.7 Å². The molecule has 0 saturated heterocycles. The van der Waals surface area contributed by atoms with E-state index in [0.29, 0.717) is 5.75 Å². The minimum atomic E-state index is -0.718. The van der Waals surface area contributed by atoms with Gasteiger partial charge in [-0.1, -0.05) is 67.4 Å². The predicted molar refractivity (Wildman–Crippen MR) is 105 cm³/mol. The van der Waals surface area contributed by atoms with Gasteiger partial charge in [0.05, 0.1) is 0 Å². The molecule has 2 aromatic rings. The highest BCUT2D eigenvalue weighted by Crippen LogP contribution is 2.55. The molecule has 1 saturated carbocycles. The third-order valence-corrected chi connectivity index (χ3v) is 4.82. The van der Waals surface area contributed by atoms with Gasteiger partial charge in [-0.15, -0.1) is 0 Å². The van der Waals surface area contributed by atoms with E-state index in [1.165, 1.54) is 0 Å². The predicted octanol–water partition coefficient (Wildman–Crippen LogP) is 6.48. The van der Waals surface area contributed by atoms with E-state index < -0.39 is 6.16 Å². The summed E-state index contributed by atoms with van der Waals surface area (Å²) in [6.07, 6.45) is 0.667. The van der Waals surface area contributed by atoms with Crippen LogP contribution in [-0.4, -0.2) is 12.3 Å². The van der Waals surface area contributed by atoms with Crippen molar-refractivity contribution in [2.75, 3.05) is 0 Å². The van der Waals surface area contributed by atoms with Crippen molar-refractivity contribution in [2.45, 2.75) is 26.6 Å². The van der Waals surface area contributed by atoms with Crippen LogP contribution in [0, 0.1) is 11.3 Å². The molecule has 3 rings (SSSR count). The minimum Gasteiger partial charge on any atom is -0.457 e. The Morgan fingerprint density at radius 3 is 2.48 bits per heavy atom. The summed E-state index contributed by atoms with van der Waals surface area (Å²) in [5.41, 5.74) is 0.591. The standard InChI is InChI=1S/C21H20Cl2O4/c1-21(2)17(12-18(22)23)19(21)27-20(24)25-13-14-7-6-10-16(11-14)26-15-8-4-3-5-9-15/h3-12,17,19H,13H2,1-2H3. The molecule has 2 aromatic carbocycles. The van der Waals surface area contributed by atoms with Gasteiger partial charge in [-0.3, -0.25) is 0 Å². The normalized spacial score (nSPS) is 19.7. The van der Waals surface area contributed by atoms with Gasteiger partial charge in [-0.25, -0.2) is 4.79 Å². The van der Waals surface area contributed by atoms with Crippen LogP contribution in [0.3, 0.4) is 0 Å². The van der Waals surface area contributed by atoms with E-state index in [0.717, 1.165) is 11.3 Å². The van der Waals surface area contributed by atoms with Crippen molar-refractivity contribution in [1.29, 1.82) is 0 Å². The molecule has 0 heterocycles. The Labute approximate surface area is 168 Å². The van der Waals surface area contributed by atoms with E-state index in [9.17, 15) is 4.79 Å². The van der Waals surface area contributed by atoms with E-state index in [1.54, 1.807) is 6.08 Å². The quantitative estimate of drug-likeness (QED) is 0.515. The molecule has 0 N–H and O–H groups in total. The largest absolute Gasteiger partial charge is 0.508 e. The third kappa shape index (κ3) is 5.18. The summed E-state index contributed by atoms with van der Waals surface area (Å²) >= 11 is 11.4. The highest BCUT2D eigenvalue weighted by molar-refractivity contribution is 6.55. The van der Waals surface area contributed by atoms with Crippen LogP contribution >= 0.6 is 23.2 Å². The van der Waals surface area contributed by atoms with Gasteiger partial charge < -0.3 is 14.2 Å². The number of carbonyl (C=O) groups is 1. The summed E-state index contributed by atoms with van der Waals surface area (Å²) in [7, 11) is 0. The van der Waals surface area contributed by atoms with Crippen LogP contribution in [0.2, 0.25) is 0 Å². The maximum atomic E-state index is 12.0. The number of benzene rings is 2. The van der Waals surface area contributed by atoms with Crippen LogP contribution in [0.15, 0.2) is 65.2 Å². The van der Waals surface area contributed by atoms with Crippen LogP contribution in [0.4, 0.5) is 4.79 Å². The lowest BCUT2D eigenvalue weighted by molar-refractivity contribution is 0.0356. The molecule has 0 amide bonds. The highest BCUT2D eigenvalue weighted by atomic mass is 35.5. The number of para-hydroxylation sites is 1. The van der Waals surface area contributed by atoms with Crippen LogP contribution in [0.1, 0.15) is 19.4 Å². The van der Waals surface area contributed by atoms with E-state index in [1.807, 2.05) is 68.4 Å². The van der Waals surface area contributed by atoms with Gasteiger partial charge in [0.2, 0.25) is 0 Å². The highest BCUT2D eigenvalue weighted by Gasteiger charge is 2.60. The molecule has 2 atom stereocenters. The molecule has 0 spiro atoms. The first-order valence-corrected chi connectivity index (χ1v) is 9.30. The van der Waals surface area contributed by atoms with Gasteiger partial charge in [-0.05, 0) is 35.9 Å². The second-order valence-corrected chi connectivity index (χ2v) is 7.95. The molecule has 0 bridgehead atoms. The number of hydrogen-bond donors (Lipinski definition) is 0. The molecule has 6 heteroatoms. The SMILES string of the molecule is CC1(C)C(C=C(Cl)Cl)C1OC(=O)OCc1cccc(Oc2ccccc2)c1. The van der Waals surface area contributed by atoms with Gasteiger partial charge in [0, 0.05) is 11.3 Å². The number of halogens is 2. The average molecular weight is 407 g/mol. The second-order valence-electron chi connectivity index (χ2n) is 6.94. The lowest BCUT2D eigenvalue weighted by atomic mass is 10.1. The maximum absolute atomic E-state index is 12.0. The Hall–Kier alpha value is -2.17. The molecule has 0 aliphatic heterocycles. The monoisotopic (exact) mass is 406 g/mol. The number of rotatable bonds is 6. The Kier molecular flexibility index (Phi) is 5.98. The summed E-state index contributed by atoms with van der Waals surface area (Å²) in [5.74, 6) is 1.39. The Morgan fingerprint density at radius 1 is 1.07 bits per heavy atom. The van der Waals surface area contributed by atoms with Gasteiger partial charge in [0.1, 0.15) is 28.7 Å². The number of carbonyl (C=O) groups excluding carboxylic acids is 1. The van der Waals surface area contributed by atoms with Gasteiger partial charge in [0.25, 0.3) is 0 Å². The van der Waals surface area contributed by atoms with Crippen LogP contribution in [-0.2, 0) is 16.1 Å². The summed E-state index contributed by atoms with van der Waals surface area (Å²) in [6.45, 7) is 4.05. The number of hydrogen-bond acceptors (Lipinski definition) is 4. The lowest BCUT2D eigenvalue weighted by Gasteiger charge is -2.09. The molecular weight excluding hydrogens is 387 g/mol. The Balaban J connectivity index is 1.52. The fourth-order valence-electron chi connectivity index (χ4n) is 2.90. The Bertz CT molecular complexity index is 829. The summed E-state index contributed by atoms with van der Waals surface area (Å²) in [4.78, 5) is 12.0. The minimum absolute atomic E-state index is 0.0161. The first-order chi connectivity index (χ1) is 12.9. The zero-order valence-electron chi connectivity index (χ0n) is 15.0. The molecule has 1 aliphatic rings. The van der Waals surface area contributed by atoms with Crippen LogP contribution in [0.5, 0.6) is 11.5 Å². The fraction of sp³-hybridized carbons (Fsp3) is 0.286. The van der Waals surface area contributed by atoms with E-state index in [-0.39, 0.29) is 28.5 Å². The molecule has 1 aliphatic carbocycles. The topological polar surface area (TPSA) is 44.8 Å². The van der Waals surface area contributed by atoms with Crippen molar-refractivity contribution in [2.24, 2.45) is 11.3 Å². The zero-order chi connectivity index (χ0) is 19.4. The third-order valence-electron chi connectivity index (χ3n) is 4.57. The molecule has 1 fully saturated rings. The van der Waals surface area contributed by atoms with Crippen molar-refractivity contribution in [3.63, 3.8) is 0 Å². The van der Waals surface area contributed by atoms with E-state index >= 15 is 0 Å². The van der Waals surface area contributed by atoms with E-state index in [4.69, 9.17) is 37.4 Å². The molecule has 27 heavy (non-hydrogen) atoms. The average Bonchev–Trinajstić information content (AvgIpc) is 3.12. The van der Waals surface area contributed by atoms with Gasteiger partial charge >= 0.3 is 6.16 Å². The second kappa shape index (κ2) is 8.24.